The highest BCUT2D eigenvalue weighted by Gasteiger charge is 2.08. The van der Waals surface area contributed by atoms with Crippen LogP contribution in [-0.4, -0.2) is 19.1 Å². The van der Waals surface area contributed by atoms with Crippen molar-refractivity contribution in [3.05, 3.63) is 29.8 Å². The molecule has 1 rings (SSSR count). The Labute approximate surface area is 109 Å². The van der Waals surface area contributed by atoms with Crippen molar-refractivity contribution >= 4 is 11.6 Å². The Morgan fingerprint density at radius 3 is 2.61 bits per heavy atom. The first-order valence-corrected chi connectivity index (χ1v) is 6.36. The van der Waals surface area contributed by atoms with Crippen LogP contribution in [0.2, 0.25) is 0 Å². The molecule has 1 unspecified atom stereocenters. The summed E-state index contributed by atoms with van der Waals surface area (Å²) in [5, 5.41) is 2.93. The van der Waals surface area contributed by atoms with Gasteiger partial charge in [0.05, 0.1) is 12.6 Å². The first-order chi connectivity index (χ1) is 8.63. The molecular formula is C14H22N2O2. The Bertz CT molecular complexity index is 363. The number of hydrogen-bond acceptors (Lipinski definition) is 3. The van der Waals surface area contributed by atoms with Gasteiger partial charge in [-0.1, -0.05) is 19.1 Å². The number of ether oxygens (including phenoxy) is 1. The molecule has 0 heterocycles. The Kier molecular flexibility index (Phi) is 6.22. The van der Waals surface area contributed by atoms with Gasteiger partial charge in [0.1, 0.15) is 0 Å². The van der Waals surface area contributed by atoms with Gasteiger partial charge in [0, 0.05) is 18.7 Å². The van der Waals surface area contributed by atoms with Crippen molar-refractivity contribution in [2.24, 2.45) is 0 Å². The molecule has 0 saturated heterocycles. The second-order valence-corrected chi connectivity index (χ2v) is 4.32. The Morgan fingerprint density at radius 1 is 1.33 bits per heavy atom. The smallest absolute Gasteiger partial charge is 0.222 e. The molecule has 0 saturated carbocycles. The predicted molar refractivity (Wildman–Crippen MR) is 73.1 cm³/mol. The molecular weight excluding hydrogens is 228 g/mol. The van der Waals surface area contributed by atoms with Crippen molar-refractivity contribution < 1.29 is 9.53 Å². The molecule has 100 valence electrons. The van der Waals surface area contributed by atoms with Crippen molar-refractivity contribution in [1.29, 1.82) is 0 Å². The number of nitrogens with two attached hydrogens (primary N) is 1. The van der Waals surface area contributed by atoms with E-state index in [0.717, 1.165) is 17.7 Å². The number of hydrogen-bond donors (Lipinski definition) is 2. The second-order valence-electron chi connectivity index (χ2n) is 4.32. The Balaban J connectivity index is 2.33. The highest BCUT2D eigenvalue weighted by atomic mass is 16.5. The molecule has 0 bridgehead atoms. The van der Waals surface area contributed by atoms with Crippen molar-refractivity contribution in [3.63, 3.8) is 0 Å². The summed E-state index contributed by atoms with van der Waals surface area (Å²) in [7, 11) is 0. The van der Waals surface area contributed by atoms with Gasteiger partial charge in [0.2, 0.25) is 5.91 Å². The number of carbonyl (C=O) groups excluding carboxylic acids is 1. The molecule has 3 N–H and O–H groups in total. The van der Waals surface area contributed by atoms with E-state index in [0.29, 0.717) is 19.6 Å². The normalized spacial score (nSPS) is 12.1. The van der Waals surface area contributed by atoms with Gasteiger partial charge in [-0.15, -0.1) is 0 Å². The van der Waals surface area contributed by atoms with Crippen molar-refractivity contribution in [2.75, 3.05) is 18.9 Å². The molecule has 0 aliphatic carbocycles. The summed E-state index contributed by atoms with van der Waals surface area (Å²) < 4.78 is 5.28. The summed E-state index contributed by atoms with van der Waals surface area (Å²) in [4.78, 5) is 11.6. The zero-order chi connectivity index (χ0) is 13.4. The lowest BCUT2D eigenvalue weighted by molar-refractivity contribution is -0.122. The van der Waals surface area contributed by atoms with Gasteiger partial charge >= 0.3 is 0 Å². The molecule has 1 aromatic carbocycles. The average Bonchev–Trinajstić information content (AvgIpc) is 2.35. The summed E-state index contributed by atoms with van der Waals surface area (Å²) >= 11 is 0. The van der Waals surface area contributed by atoms with E-state index in [-0.39, 0.29) is 11.9 Å². The van der Waals surface area contributed by atoms with E-state index in [1.807, 2.05) is 38.1 Å². The lowest BCUT2D eigenvalue weighted by Gasteiger charge is -2.14. The summed E-state index contributed by atoms with van der Waals surface area (Å²) in [6.07, 6.45) is 1.38. The minimum Gasteiger partial charge on any atom is -0.399 e. The Morgan fingerprint density at radius 2 is 2.00 bits per heavy atom. The van der Waals surface area contributed by atoms with E-state index in [1.165, 1.54) is 0 Å². The summed E-state index contributed by atoms with van der Waals surface area (Å²) in [5.41, 5.74) is 7.39. The van der Waals surface area contributed by atoms with E-state index in [2.05, 4.69) is 5.32 Å². The van der Waals surface area contributed by atoms with Crippen LogP contribution < -0.4 is 11.1 Å². The van der Waals surface area contributed by atoms with Crippen LogP contribution in [0.15, 0.2) is 24.3 Å². The Hall–Kier alpha value is -1.55. The topological polar surface area (TPSA) is 64.3 Å². The van der Waals surface area contributed by atoms with Crippen molar-refractivity contribution in [2.45, 2.75) is 32.7 Å². The first-order valence-electron chi connectivity index (χ1n) is 6.36. The van der Waals surface area contributed by atoms with Crippen LogP contribution in [0.4, 0.5) is 5.69 Å². The highest BCUT2D eigenvalue weighted by Crippen LogP contribution is 2.14. The van der Waals surface area contributed by atoms with Crippen LogP contribution in [0.3, 0.4) is 0 Å². The van der Waals surface area contributed by atoms with E-state index in [4.69, 9.17) is 10.5 Å². The molecule has 0 radical (unpaired) electrons. The van der Waals surface area contributed by atoms with Gasteiger partial charge in [-0.3, -0.25) is 4.79 Å². The third-order valence-electron chi connectivity index (χ3n) is 2.64. The second kappa shape index (κ2) is 7.71. The number of nitrogens with one attached hydrogen (secondary N) is 1. The van der Waals surface area contributed by atoms with Crippen molar-refractivity contribution in [1.82, 2.24) is 5.32 Å². The van der Waals surface area contributed by atoms with E-state index in [1.54, 1.807) is 0 Å². The molecule has 1 amide bonds. The monoisotopic (exact) mass is 250 g/mol. The van der Waals surface area contributed by atoms with E-state index in [9.17, 15) is 4.79 Å². The highest BCUT2D eigenvalue weighted by molar-refractivity contribution is 5.76. The maximum atomic E-state index is 11.6. The average molecular weight is 250 g/mol. The maximum Gasteiger partial charge on any atom is 0.222 e. The minimum absolute atomic E-state index is 0.00966. The van der Waals surface area contributed by atoms with Crippen LogP contribution in [0, 0.1) is 0 Å². The fourth-order valence-electron chi connectivity index (χ4n) is 1.59. The zero-order valence-electron chi connectivity index (χ0n) is 11.1. The molecule has 18 heavy (non-hydrogen) atoms. The van der Waals surface area contributed by atoms with Crippen LogP contribution in [-0.2, 0) is 9.53 Å². The number of carbonyl (C=O) groups is 1. The largest absolute Gasteiger partial charge is 0.399 e. The quantitative estimate of drug-likeness (QED) is 0.576. The molecule has 1 atom stereocenters. The molecule has 0 aromatic heterocycles. The van der Waals surface area contributed by atoms with Gasteiger partial charge in [-0.05, 0) is 31.0 Å². The number of benzene rings is 1. The van der Waals surface area contributed by atoms with Crippen LogP contribution in [0.25, 0.3) is 0 Å². The lowest BCUT2D eigenvalue weighted by Crippen LogP contribution is -2.27. The van der Waals surface area contributed by atoms with Gasteiger partial charge in [-0.2, -0.15) is 0 Å². The van der Waals surface area contributed by atoms with Gasteiger partial charge in [0.25, 0.3) is 0 Å². The summed E-state index contributed by atoms with van der Waals surface area (Å²) in [6.45, 7) is 5.19. The van der Waals surface area contributed by atoms with E-state index < -0.39 is 0 Å². The van der Waals surface area contributed by atoms with Gasteiger partial charge in [0.15, 0.2) is 0 Å². The SMILES string of the molecule is CCCOCCC(=O)NC(C)c1ccc(N)cc1. The predicted octanol–water partition coefficient (Wildman–Crippen LogP) is 2.26. The number of rotatable bonds is 7. The molecule has 4 heteroatoms. The van der Waals surface area contributed by atoms with Crippen LogP contribution >= 0.6 is 0 Å². The minimum atomic E-state index is -0.00993. The molecule has 0 fully saturated rings. The van der Waals surface area contributed by atoms with Gasteiger partial charge in [-0.25, -0.2) is 0 Å². The molecule has 0 aliphatic rings. The third-order valence-corrected chi connectivity index (χ3v) is 2.64. The summed E-state index contributed by atoms with van der Waals surface area (Å²) in [5.74, 6) is 0.00966. The fraction of sp³-hybridized carbons (Fsp3) is 0.500. The molecule has 1 aromatic rings. The molecule has 4 nitrogen and oxygen atoms in total. The molecule has 0 aliphatic heterocycles. The fourth-order valence-corrected chi connectivity index (χ4v) is 1.59. The first kappa shape index (κ1) is 14.5. The number of anilines is 1. The zero-order valence-corrected chi connectivity index (χ0v) is 11.1. The van der Waals surface area contributed by atoms with Crippen LogP contribution in [0.5, 0.6) is 0 Å². The maximum absolute atomic E-state index is 11.6. The van der Waals surface area contributed by atoms with Crippen LogP contribution in [0.1, 0.15) is 38.3 Å². The van der Waals surface area contributed by atoms with Crippen molar-refractivity contribution in [3.8, 4) is 0 Å². The van der Waals surface area contributed by atoms with E-state index >= 15 is 0 Å². The lowest BCUT2D eigenvalue weighted by atomic mass is 10.1. The number of amides is 1. The van der Waals surface area contributed by atoms with Gasteiger partial charge < -0.3 is 15.8 Å². The standard InChI is InChI=1S/C14H22N2O2/c1-3-9-18-10-8-14(17)16-11(2)12-4-6-13(15)7-5-12/h4-7,11H,3,8-10,15H2,1-2H3,(H,16,17). The summed E-state index contributed by atoms with van der Waals surface area (Å²) in [6, 6.07) is 7.51. The molecule has 0 spiro atoms. The third kappa shape index (κ3) is 5.19. The number of nitrogen functional groups attached to an aromatic ring is 1.